The van der Waals surface area contributed by atoms with Gasteiger partial charge >= 0.3 is 18.1 Å². The van der Waals surface area contributed by atoms with Gasteiger partial charge in [0, 0.05) is 5.92 Å². The van der Waals surface area contributed by atoms with Crippen LogP contribution >= 0.6 is 0 Å². The van der Waals surface area contributed by atoms with Crippen molar-refractivity contribution in [3.05, 3.63) is 34.9 Å². The van der Waals surface area contributed by atoms with Gasteiger partial charge in [0.1, 0.15) is 0 Å². The van der Waals surface area contributed by atoms with Gasteiger partial charge in [0.05, 0.1) is 18.4 Å². The van der Waals surface area contributed by atoms with Crippen LogP contribution in [0.4, 0.5) is 13.2 Å². The zero-order chi connectivity index (χ0) is 14.2. The fourth-order valence-electron chi connectivity index (χ4n) is 2.12. The van der Waals surface area contributed by atoms with Crippen molar-refractivity contribution in [3.8, 4) is 0 Å². The molecule has 0 saturated carbocycles. The lowest BCUT2D eigenvalue weighted by atomic mass is 9.89. The third-order valence-electron chi connectivity index (χ3n) is 3.09. The number of esters is 2. The molecule has 1 aliphatic heterocycles. The average molecular weight is 272 g/mol. The Bertz CT molecular complexity index is 518. The maximum absolute atomic E-state index is 12.8. The SMILES string of the molecule is Cc1ccc(C2CC(=O)OC(=O)C2)cc1C(F)(F)F. The fourth-order valence-corrected chi connectivity index (χ4v) is 2.12. The molecule has 19 heavy (non-hydrogen) atoms. The maximum Gasteiger partial charge on any atom is 0.416 e. The molecular weight excluding hydrogens is 261 g/mol. The van der Waals surface area contributed by atoms with E-state index in [9.17, 15) is 22.8 Å². The summed E-state index contributed by atoms with van der Waals surface area (Å²) in [6.45, 7) is 1.37. The molecule has 0 atom stereocenters. The van der Waals surface area contributed by atoms with Gasteiger partial charge in [-0.05, 0) is 24.1 Å². The Morgan fingerprint density at radius 2 is 1.74 bits per heavy atom. The van der Waals surface area contributed by atoms with Crippen LogP contribution in [0, 0.1) is 6.92 Å². The number of rotatable bonds is 1. The minimum absolute atomic E-state index is 0.0773. The van der Waals surface area contributed by atoms with E-state index in [0.29, 0.717) is 5.56 Å². The second-order valence-electron chi connectivity index (χ2n) is 4.52. The van der Waals surface area contributed by atoms with Crippen molar-refractivity contribution in [2.75, 3.05) is 0 Å². The first-order chi connectivity index (χ1) is 8.77. The van der Waals surface area contributed by atoms with Crippen LogP contribution in [0.5, 0.6) is 0 Å². The number of alkyl halides is 3. The standard InChI is InChI=1S/C13H11F3O3/c1-7-2-3-8(4-10(7)13(14,15)16)9-5-11(17)19-12(18)6-9/h2-4,9H,5-6H2,1H3. The molecule has 0 bridgehead atoms. The van der Waals surface area contributed by atoms with Crippen LogP contribution in [0.2, 0.25) is 0 Å². The number of hydrogen-bond donors (Lipinski definition) is 0. The van der Waals surface area contributed by atoms with Gasteiger partial charge in [-0.2, -0.15) is 13.2 Å². The fraction of sp³-hybridized carbons (Fsp3) is 0.385. The van der Waals surface area contributed by atoms with Crippen molar-refractivity contribution >= 4 is 11.9 Å². The highest BCUT2D eigenvalue weighted by molar-refractivity contribution is 5.89. The van der Waals surface area contributed by atoms with Crippen molar-refractivity contribution in [2.24, 2.45) is 0 Å². The predicted molar refractivity (Wildman–Crippen MR) is 59.3 cm³/mol. The van der Waals surface area contributed by atoms with E-state index in [4.69, 9.17) is 0 Å². The normalized spacial score (nSPS) is 17.5. The Hall–Kier alpha value is -1.85. The lowest BCUT2D eigenvalue weighted by Crippen LogP contribution is -2.24. The summed E-state index contributed by atoms with van der Waals surface area (Å²) >= 11 is 0. The molecule has 1 aliphatic rings. The molecule has 1 aromatic rings. The zero-order valence-electron chi connectivity index (χ0n) is 10.1. The third-order valence-corrected chi connectivity index (χ3v) is 3.09. The van der Waals surface area contributed by atoms with Crippen LogP contribution in [0.1, 0.15) is 35.4 Å². The first kappa shape index (κ1) is 13.6. The summed E-state index contributed by atoms with van der Waals surface area (Å²) in [5, 5.41) is 0. The molecule has 1 fully saturated rings. The van der Waals surface area contributed by atoms with Gasteiger partial charge in [-0.3, -0.25) is 9.59 Å². The third kappa shape index (κ3) is 2.94. The molecule has 0 unspecified atom stereocenters. The molecule has 102 valence electrons. The Morgan fingerprint density at radius 1 is 1.16 bits per heavy atom. The molecule has 1 saturated heterocycles. The molecule has 1 aromatic carbocycles. The molecule has 2 rings (SSSR count). The number of aryl methyl sites for hydroxylation is 1. The van der Waals surface area contributed by atoms with Crippen LogP contribution in [0.25, 0.3) is 0 Å². The monoisotopic (exact) mass is 272 g/mol. The van der Waals surface area contributed by atoms with Gasteiger partial charge in [-0.15, -0.1) is 0 Å². The van der Waals surface area contributed by atoms with Gasteiger partial charge in [-0.25, -0.2) is 0 Å². The van der Waals surface area contributed by atoms with Gasteiger partial charge in [-0.1, -0.05) is 12.1 Å². The molecule has 0 amide bonds. The lowest BCUT2D eigenvalue weighted by Gasteiger charge is -2.21. The van der Waals surface area contributed by atoms with E-state index < -0.39 is 29.6 Å². The number of hydrogen-bond acceptors (Lipinski definition) is 3. The number of ether oxygens (including phenoxy) is 1. The van der Waals surface area contributed by atoms with Crippen molar-refractivity contribution in [2.45, 2.75) is 31.9 Å². The Kier molecular flexibility index (Phi) is 3.34. The molecule has 3 nitrogen and oxygen atoms in total. The summed E-state index contributed by atoms with van der Waals surface area (Å²) < 4.78 is 42.7. The Morgan fingerprint density at radius 3 is 2.26 bits per heavy atom. The zero-order valence-corrected chi connectivity index (χ0v) is 10.1. The van der Waals surface area contributed by atoms with Gasteiger partial charge in [0.15, 0.2) is 0 Å². The summed E-state index contributed by atoms with van der Waals surface area (Å²) in [4.78, 5) is 22.3. The van der Waals surface area contributed by atoms with Crippen LogP contribution in [-0.4, -0.2) is 11.9 Å². The summed E-state index contributed by atoms with van der Waals surface area (Å²) in [6, 6.07) is 3.87. The van der Waals surface area contributed by atoms with Crippen LogP contribution in [0.15, 0.2) is 18.2 Å². The van der Waals surface area contributed by atoms with Crippen LogP contribution in [0.3, 0.4) is 0 Å². The minimum Gasteiger partial charge on any atom is -0.393 e. The first-order valence-electron chi connectivity index (χ1n) is 5.68. The molecule has 1 heterocycles. The highest BCUT2D eigenvalue weighted by Gasteiger charge is 2.34. The second-order valence-corrected chi connectivity index (χ2v) is 4.52. The second kappa shape index (κ2) is 4.68. The maximum atomic E-state index is 12.8. The van der Waals surface area contributed by atoms with Crippen molar-refractivity contribution < 1.29 is 27.5 Å². The van der Waals surface area contributed by atoms with Crippen LogP contribution < -0.4 is 0 Å². The summed E-state index contributed by atoms with van der Waals surface area (Å²) in [6.07, 6.45) is -4.60. The molecule has 0 aromatic heterocycles. The number of cyclic esters (lactones) is 2. The lowest BCUT2D eigenvalue weighted by molar-refractivity contribution is -0.163. The summed E-state index contributed by atoms with van der Waals surface area (Å²) in [5.41, 5.74) is -0.291. The largest absolute Gasteiger partial charge is 0.416 e. The van der Waals surface area contributed by atoms with Crippen molar-refractivity contribution in [1.29, 1.82) is 0 Å². The number of carbonyl (C=O) groups is 2. The summed E-state index contributed by atoms with van der Waals surface area (Å²) in [7, 11) is 0. The van der Waals surface area contributed by atoms with Gasteiger partial charge in [0.25, 0.3) is 0 Å². The van der Waals surface area contributed by atoms with Crippen molar-refractivity contribution in [1.82, 2.24) is 0 Å². The molecule has 0 aliphatic carbocycles. The highest BCUT2D eigenvalue weighted by Crippen LogP contribution is 2.36. The smallest absolute Gasteiger partial charge is 0.393 e. The van der Waals surface area contributed by atoms with E-state index in [2.05, 4.69) is 4.74 Å². The minimum atomic E-state index is -4.45. The summed E-state index contributed by atoms with van der Waals surface area (Å²) in [5.74, 6) is -1.94. The quantitative estimate of drug-likeness (QED) is 0.583. The van der Waals surface area contributed by atoms with Crippen LogP contribution in [-0.2, 0) is 20.5 Å². The van der Waals surface area contributed by atoms with E-state index >= 15 is 0 Å². The molecule has 0 radical (unpaired) electrons. The number of carbonyl (C=O) groups excluding carboxylic acids is 2. The molecule has 0 spiro atoms. The Balaban J connectivity index is 2.36. The first-order valence-corrected chi connectivity index (χ1v) is 5.68. The van der Waals surface area contributed by atoms with E-state index in [-0.39, 0.29) is 18.4 Å². The molecular formula is C13H11F3O3. The van der Waals surface area contributed by atoms with Gasteiger partial charge < -0.3 is 4.74 Å². The average Bonchev–Trinajstić information content (AvgIpc) is 2.26. The number of halogens is 3. The highest BCUT2D eigenvalue weighted by atomic mass is 19.4. The topological polar surface area (TPSA) is 43.4 Å². The molecule has 6 heteroatoms. The predicted octanol–water partition coefficient (Wildman–Crippen LogP) is 2.96. The van der Waals surface area contributed by atoms with E-state index in [0.717, 1.165) is 6.07 Å². The molecule has 0 N–H and O–H groups in total. The number of benzene rings is 1. The Labute approximate surface area is 107 Å². The van der Waals surface area contributed by atoms with Crippen molar-refractivity contribution in [3.63, 3.8) is 0 Å². The van der Waals surface area contributed by atoms with E-state index in [1.165, 1.54) is 19.1 Å². The van der Waals surface area contributed by atoms with E-state index in [1.807, 2.05) is 0 Å². The van der Waals surface area contributed by atoms with Gasteiger partial charge in [0.2, 0.25) is 0 Å². The van der Waals surface area contributed by atoms with E-state index in [1.54, 1.807) is 0 Å².